The Morgan fingerprint density at radius 3 is 1.93 bits per heavy atom. The largest absolute Gasteiger partial charge is 0.471 e. The molecular weight excluding hydrogens is 216 g/mol. The number of halogens is 6. The van der Waals surface area contributed by atoms with Crippen LogP contribution in [0, 0.1) is 0 Å². The van der Waals surface area contributed by atoms with E-state index in [1.54, 1.807) is 0 Å². The van der Waals surface area contributed by atoms with Crippen LogP contribution in [-0.4, -0.2) is 24.3 Å². The van der Waals surface area contributed by atoms with Gasteiger partial charge in [0.25, 0.3) is 0 Å². The Labute approximate surface area is 75.3 Å². The van der Waals surface area contributed by atoms with Crippen molar-refractivity contribution in [2.45, 2.75) is 31.7 Å². The maximum Gasteiger partial charge on any atom is 0.471 e. The summed E-state index contributed by atoms with van der Waals surface area (Å²) in [5.74, 6) is -2.37. The van der Waals surface area contributed by atoms with Gasteiger partial charge in [-0.2, -0.15) is 26.3 Å². The molecule has 1 amide bonds. The van der Waals surface area contributed by atoms with Crippen molar-refractivity contribution in [1.82, 2.24) is 5.32 Å². The van der Waals surface area contributed by atoms with Gasteiger partial charge in [0.05, 0.1) is 6.42 Å². The second kappa shape index (κ2) is 4.05. The Kier molecular flexibility index (Phi) is 3.78. The van der Waals surface area contributed by atoms with Gasteiger partial charge in [0.1, 0.15) is 0 Å². The molecular formula is C6H7F6NO. The van der Waals surface area contributed by atoms with Crippen molar-refractivity contribution in [2.24, 2.45) is 0 Å². The van der Waals surface area contributed by atoms with Crippen molar-refractivity contribution in [3.8, 4) is 0 Å². The molecule has 0 radical (unpaired) electrons. The molecule has 0 heterocycles. The maximum atomic E-state index is 11.6. The lowest BCUT2D eigenvalue weighted by molar-refractivity contribution is -0.176. The van der Waals surface area contributed by atoms with E-state index >= 15 is 0 Å². The van der Waals surface area contributed by atoms with Crippen LogP contribution in [0.3, 0.4) is 0 Å². The Bertz CT molecular complexity index is 207. The number of alkyl halides is 6. The smallest absolute Gasteiger partial charge is 0.345 e. The Hall–Kier alpha value is -0.950. The van der Waals surface area contributed by atoms with Crippen LogP contribution in [0.15, 0.2) is 0 Å². The highest BCUT2D eigenvalue weighted by Gasteiger charge is 2.40. The molecule has 0 aliphatic carbocycles. The summed E-state index contributed by atoms with van der Waals surface area (Å²) in [6, 6.07) is -1.59. The van der Waals surface area contributed by atoms with Crippen LogP contribution in [0.2, 0.25) is 0 Å². The molecule has 2 nitrogen and oxygen atoms in total. The standard InChI is InChI=1S/C6H7F6NO/c1-3(2-5(7,8)9)13-4(14)6(10,11)12/h3H,2H2,1H3,(H,13,14). The van der Waals surface area contributed by atoms with Crippen molar-refractivity contribution in [2.75, 3.05) is 0 Å². The summed E-state index contributed by atoms with van der Waals surface area (Å²) in [5.41, 5.74) is 0. The summed E-state index contributed by atoms with van der Waals surface area (Å²) in [6.07, 6.45) is -11.2. The number of nitrogens with one attached hydrogen (secondary N) is 1. The van der Waals surface area contributed by atoms with Crippen molar-refractivity contribution >= 4 is 5.91 Å². The van der Waals surface area contributed by atoms with Crippen molar-refractivity contribution in [3.05, 3.63) is 0 Å². The fourth-order valence-electron chi connectivity index (χ4n) is 0.704. The molecule has 0 aromatic heterocycles. The second-order valence-corrected chi connectivity index (χ2v) is 2.69. The third kappa shape index (κ3) is 5.65. The molecule has 0 fully saturated rings. The predicted molar refractivity (Wildman–Crippen MR) is 34.3 cm³/mol. The van der Waals surface area contributed by atoms with E-state index in [4.69, 9.17) is 0 Å². The molecule has 84 valence electrons. The zero-order valence-corrected chi connectivity index (χ0v) is 6.96. The third-order valence-corrected chi connectivity index (χ3v) is 1.17. The highest BCUT2D eigenvalue weighted by molar-refractivity contribution is 5.81. The van der Waals surface area contributed by atoms with Crippen LogP contribution in [0.25, 0.3) is 0 Å². The average molecular weight is 223 g/mol. The van der Waals surface area contributed by atoms with Gasteiger partial charge >= 0.3 is 18.3 Å². The molecule has 1 unspecified atom stereocenters. The second-order valence-electron chi connectivity index (χ2n) is 2.69. The highest BCUT2D eigenvalue weighted by Crippen LogP contribution is 2.22. The Morgan fingerprint density at radius 2 is 1.64 bits per heavy atom. The number of carbonyl (C=O) groups excluding carboxylic acids is 1. The normalized spacial score (nSPS) is 15.1. The third-order valence-electron chi connectivity index (χ3n) is 1.17. The van der Waals surface area contributed by atoms with Crippen LogP contribution in [0.1, 0.15) is 13.3 Å². The lowest BCUT2D eigenvalue weighted by Crippen LogP contribution is -2.43. The fraction of sp³-hybridized carbons (Fsp3) is 0.833. The van der Waals surface area contributed by atoms with Gasteiger partial charge in [-0.1, -0.05) is 0 Å². The van der Waals surface area contributed by atoms with Gasteiger partial charge in [0.2, 0.25) is 0 Å². The topological polar surface area (TPSA) is 29.1 Å². The van der Waals surface area contributed by atoms with Gasteiger partial charge < -0.3 is 5.32 Å². The molecule has 0 bridgehead atoms. The molecule has 0 spiro atoms. The van der Waals surface area contributed by atoms with Crippen molar-refractivity contribution in [1.29, 1.82) is 0 Å². The minimum absolute atomic E-state index is 0.844. The maximum absolute atomic E-state index is 11.6. The van der Waals surface area contributed by atoms with Crippen LogP contribution in [0.5, 0.6) is 0 Å². The number of carbonyl (C=O) groups is 1. The monoisotopic (exact) mass is 223 g/mol. The van der Waals surface area contributed by atoms with Gasteiger partial charge in [-0.05, 0) is 6.92 Å². The minimum atomic E-state index is -5.15. The molecule has 1 atom stereocenters. The molecule has 0 saturated heterocycles. The first-order valence-corrected chi connectivity index (χ1v) is 3.47. The summed E-state index contributed by atoms with van der Waals surface area (Å²) in [6.45, 7) is 0.844. The molecule has 0 aromatic carbocycles. The van der Waals surface area contributed by atoms with E-state index in [1.807, 2.05) is 0 Å². The molecule has 0 rings (SSSR count). The van der Waals surface area contributed by atoms with Gasteiger partial charge in [-0.25, -0.2) is 0 Å². The quantitative estimate of drug-likeness (QED) is 0.713. The summed E-state index contributed by atoms with van der Waals surface area (Å²) in [5, 5.41) is 1.19. The summed E-state index contributed by atoms with van der Waals surface area (Å²) in [4.78, 5) is 10.2. The van der Waals surface area contributed by atoms with Gasteiger partial charge in [0.15, 0.2) is 0 Å². The van der Waals surface area contributed by atoms with Crippen LogP contribution >= 0.6 is 0 Å². The van der Waals surface area contributed by atoms with Crippen molar-refractivity contribution in [3.63, 3.8) is 0 Å². The van der Waals surface area contributed by atoms with E-state index in [0.29, 0.717) is 0 Å². The van der Waals surface area contributed by atoms with E-state index in [-0.39, 0.29) is 0 Å². The fourth-order valence-corrected chi connectivity index (χ4v) is 0.704. The zero-order valence-electron chi connectivity index (χ0n) is 6.96. The average Bonchev–Trinajstić information content (AvgIpc) is 1.79. The number of amides is 1. The van der Waals surface area contributed by atoms with E-state index in [0.717, 1.165) is 6.92 Å². The highest BCUT2D eigenvalue weighted by atomic mass is 19.4. The van der Waals surface area contributed by atoms with Gasteiger partial charge in [0, 0.05) is 6.04 Å². The van der Waals surface area contributed by atoms with Crippen LogP contribution in [0.4, 0.5) is 26.3 Å². The number of hydrogen-bond acceptors (Lipinski definition) is 1. The summed E-state index contributed by atoms with van der Waals surface area (Å²) >= 11 is 0. The molecule has 0 aliphatic heterocycles. The van der Waals surface area contributed by atoms with Crippen LogP contribution in [-0.2, 0) is 4.79 Å². The lowest BCUT2D eigenvalue weighted by atomic mass is 10.2. The molecule has 0 aliphatic rings. The van der Waals surface area contributed by atoms with E-state index < -0.39 is 30.7 Å². The lowest BCUT2D eigenvalue weighted by Gasteiger charge is -2.16. The first-order valence-electron chi connectivity index (χ1n) is 3.47. The predicted octanol–water partition coefficient (Wildman–Crippen LogP) is 2.01. The molecule has 8 heteroatoms. The molecule has 0 aromatic rings. The van der Waals surface area contributed by atoms with Crippen LogP contribution < -0.4 is 5.32 Å². The van der Waals surface area contributed by atoms with E-state index in [1.165, 1.54) is 5.32 Å². The minimum Gasteiger partial charge on any atom is -0.345 e. The Balaban J connectivity index is 4.09. The molecule has 14 heavy (non-hydrogen) atoms. The summed E-state index contributed by atoms with van der Waals surface area (Å²) < 4.78 is 69.5. The summed E-state index contributed by atoms with van der Waals surface area (Å²) in [7, 11) is 0. The Morgan fingerprint density at radius 1 is 1.21 bits per heavy atom. The zero-order chi connectivity index (χ0) is 11.6. The van der Waals surface area contributed by atoms with Crippen molar-refractivity contribution < 1.29 is 31.1 Å². The van der Waals surface area contributed by atoms with E-state index in [2.05, 4.69) is 0 Å². The SMILES string of the molecule is CC(CC(F)(F)F)NC(=O)C(F)(F)F. The van der Waals surface area contributed by atoms with Gasteiger partial charge in [-0.15, -0.1) is 0 Å². The molecule has 1 N–H and O–H groups in total. The van der Waals surface area contributed by atoms with Gasteiger partial charge in [-0.3, -0.25) is 4.79 Å². The first-order chi connectivity index (χ1) is 6.02. The molecule has 0 saturated carbocycles. The number of rotatable bonds is 2. The number of hydrogen-bond donors (Lipinski definition) is 1. The first kappa shape index (κ1) is 13.1. The van der Waals surface area contributed by atoms with E-state index in [9.17, 15) is 31.1 Å².